The Bertz CT molecular complexity index is 432. The van der Waals surface area contributed by atoms with E-state index in [0.29, 0.717) is 23.1 Å². The molecule has 0 spiro atoms. The first-order valence-corrected chi connectivity index (χ1v) is 6.86. The van der Waals surface area contributed by atoms with Gasteiger partial charge < -0.3 is 14.8 Å². The van der Waals surface area contributed by atoms with Crippen LogP contribution in [0.3, 0.4) is 0 Å². The summed E-state index contributed by atoms with van der Waals surface area (Å²) in [6.07, 6.45) is 0.887. The smallest absolute Gasteiger partial charge is 0.180 e. The molecule has 3 nitrogen and oxygen atoms in total. The molecule has 0 aliphatic carbocycles. The van der Waals surface area contributed by atoms with Gasteiger partial charge in [-0.1, -0.05) is 32.0 Å². The molecule has 19 heavy (non-hydrogen) atoms. The normalized spacial score (nSPS) is 10.3. The largest absolute Gasteiger partial charge is 0.493 e. The molecule has 0 saturated carbocycles. The van der Waals surface area contributed by atoms with Crippen molar-refractivity contribution in [2.45, 2.75) is 26.8 Å². The molecule has 0 radical (unpaired) electrons. The van der Waals surface area contributed by atoms with Crippen LogP contribution < -0.4 is 14.8 Å². The lowest BCUT2D eigenvalue weighted by molar-refractivity contribution is 0.317. The third-order valence-electron chi connectivity index (χ3n) is 2.79. The van der Waals surface area contributed by atoms with Crippen LogP contribution in [0.4, 0.5) is 0 Å². The summed E-state index contributed by atoms with van der Waals surface area (Å²) in [7, 11) is 1.62. The Labute approximate surface area is 120 Å². The molecular weight excluding hydrogens is 262 g/mol. The average Bonchev–Trinajstić information content (AvgIpc) is 2.42. The number of nitrogens with one attached hydrogen (secondary N) is 1. The van der Waals surface area contributed by atoms with E-state index in [-0.39, 0.29) is 0 Å². The lowest BCUT2D eigenvalue weighted by Crippen LogP contribution is -2.12. The Hall–Kier alpha value is -1.19. The van der Waals surface area contributed by atoms with Gasteiger partial charge in [-0.05, 0) is 36.2 Å². The highest BCUT2D eigenvalue weighted by Crippen LogP contribution is 2.36. The summed E-state index contributed by atoms with van der Waals surface area (Å²) in [4.78, 5) is 0. The predicted molar refractivity (Wildman–Crippen MR) is 80.3 cm³/mol. The third kappa shape index (κ3) is 4.77. The number of rotatable bonds is 8. The van der Waals surface area contributed by atoms with E-state index in [1.807, 2.05) is 19.1 Å². The summed E-state index contributed by atoms with van der Waals surface area (Å²) < 4.78 is 11.0. The molecule has 0 amide bonds. The Balaban J connectivity index is 2.88. The van der Waals surface area contributed by atoms with Crippen LogP contribution in [-0.2, 0) is 6.54 Å². The van der Waals surface area contributed by atoms with Crippen LogP contribution >= 0.6 is 11.6 Å². The summed E-state index contributed by atoms with van der Waals surface area (Å²) in [5.74, 6) is 1.24. The van der Waals surface area contributed by atoms with Gasteiger partial charge in [-0.25, -0.2) is 0 Å². The second-order valence-electron chi connectivity index (χ2n) is 4.28. The number of ether oxygens (including phenoxy) is 2. The SMILES string of the molecule is C=C(CC)COc1c(Cl)cc(CNCC)cc1OC. The van der Waals surface area contributed by atoms with Crippen molar-refractivity contribution in [1.29, 1.82) is 0 Å². The topological polar surface area (TPSA) is 30.5 Å². The highest BCUT2D eigenvalue weighted by Gasteiger charge is 2.12. The van der Waals surface area contributed by atoms with Crippen molar-refractivity contribution in [1.82, 2.24) is 5.32 Å². The first-order chi connectivity index (χ1) is 9.12. The second-order valence-corrected chi connectivity index (χ2v) is 4.69. The van der Waals surface area contributed by atoms with Crippen molar-refractivity contribution < 1.29 is 9.47 Å². The van der Waals surface area contributed by atoms with E-state index >= 15 is 0 Å². The molecule has 106 valence electrons. The first-order valence-electron chi connectivity index (χ1n) is 6.48. The molecule has 0 aliphatic rings. The summed E-state index contributed by atoms with van der Waals surface area (Å²) in [6.45, 7) is 10.1. The lowest BCUT2D eigenvalue weighted by Gasteiger charge is -2.15. The molecular formula is C15H22ClNO2. The van der Waals surface area contributed by atoms with Gasteiger partial charge in [0.15, 0.2) is 11.5 Å². The van der Waals surface area contributed by atoms with Crippen LogP contribution in [0, 0.1) is 0 Å². The molecule has 1 aromatic carbocycles. The van der Waals surface area contributed by atoms with Gasteiger partial charge in [0.2, 0.25) is 0 Å². The van der Waals surface area contributed by atoms with Crippen LogP contribution in [0.15, 0.2) is 24.3 Å². The fourth-order valence-electron chi connectivity index (χ4n) is 1.56. The van der Waals surface area contributed by atoms with E-state index in [1.54, 1.807) is 7.11 Å². The van der Waals surface area contributed by atoms with E-state index in [9.17, 15) is 0 Å². The minimum atomic E-state index is 0.457. The van der Waals surface area contributed by atoms with Gasteiger partial charge in [-0.3, -0.25) is 0 Å². The monoisotopic (exact) mass is 283 g/mol. The molecule has 0 unspecified atom stereocenters. The van der Waals surface area contributed by atoms with E-state index in [4.69, 9.17) is 21.1 Å². The minimum Gasteiger partial charge on any atom is -0.493 e. The molecule has 4 heteroatoms. The van der Waals surface area contributed by atoms with E-state index in [2.05, 4.69) is 18.8 Å². The van der Waals surface area contributed by atoms with Crippen molar-refractivity contribution in [3.8, 4) is 11.5 Å². The first kappa shape index (κ1) is 15.9. The van der Waals surface area contributed by atoms with Crippen molar-refractivity contribution >= 4 is 11.6 Å². The van der Waals surface area contributed by atoms with Crippen LogP contribution in [-0.4, -0.2) is 20.3 Å². The van der Waals surface area contributed by atoms with E-state index in [0.717, 1.165) is 30.6 Å². The molecule has 0 fully saturated rings. The van der Waals surface area contributed by atoms with Gasteiger partial charge in [0.05, 0.1) is 12.1 Å². The predicted octanol–water partition coefficient (Wildman–Crippen LogP) is 3.80. The Morgan fingerprint density at radius 2 is 2.11 bits per heavy atom. The molecule has 0 aromatic heterocycles. The number of hydrogen-bond donors (Lipinski definition) is 1. The Morgan fingerprint density at radius 1 is 1.37 bits per heavy atom. The highest BCUT2D eigenvalue weighted by molar-refractivity contribution is 6.32. The van der Waals surface area contributed by atoms with Gasteiger partial charge in [0.25, 0.3) is 0 Å². The second kappa shape index (κ2) is 8.08. The van der Waals surface area contributed by atoms with Crippen LogP contribution in [0.2, 0.25) is 5.02 Å². The van der Waals surface area contributed by atoms with Crippen molar-refractivity contribution in [2.75, 3.05) is 20.3 Å². The van der Waals surface area contributed by atoms with E-state index in [1.165, 1.54) is 0 Å². The van der Waals surface area contributed by atoms with Crippen LogP contribution in [0.1, 0.15) is 25.8 Å². The maximum absolute atomic E-state index is 6.26. The maximum Gasteiger partial charge on any atom is 0.180 e. The van der Waals surface area contributed by atoms with Gasteiger partial charge >= 0.3 is 0 Å². The third-order valence-corrected chi connectivity index (χ3v) is 3.07. The number of halogens is 1. The maximum atomic E-state index is 6.26. The van der Waals surface area contributed by atoms with Crippen LogP contribution in [0.5, 0.6) is 11.5 Å². The summed E-state index contributed by atoms with van der Waals surface area (Å²) in [5, 5.41) is 3.82. The van der Waals surface area contributed by atoms with Crippen molar-refractivity contribution in [3.05, 3.63) is 34.9 Å². The molecule has 1 N–H and O–H groups in total. The van der Waals surface area contributed by atoms with Gasteiger partial charge in [-0.2, -0.15) is 0 Å². The van der Waals surface area contributed by atoms with Crippen molar-refractivity contribution in [3.63, 3.8) is 0 Å². The minimum absolute atomic E-state index is 0.457. The molecule has 0 saturated heterocycles. The van der Waals surface area contributed by atoms with Crippen LogP contribution in [0.25, 0.3) is 0 Å². The molecule has 1 aromatic rings. The lowest BCUT2D eigenvalue weighted by atomic mass is 10.2. The van der Waals surface area contributed by atoms with Gasteiger partial charge in [0, 0.05) is 6.54 Å². The van der Waals surface area contributed by atoms with Gasteiger partial charge in [-0.15, -0.1) is 0 Å². The van der Waals surface area contributed by atoms with Gasteiger partial charge in [0.1, 0.15) is 6.61 Å². The summed E-state index contributed by atoms with van der Waals surface area (Å²) in [6, 6.07) is 3.84. The fourth-order valence-corrected chi connectivity index (χ4v) is 1.85. The van der Waals surface area contributed by atoms with Crippen molar-refractivity contribution in [2.24, 2.45) is 0 Å². The zero-order chi connectivity index (χ0) is 14.3. The zero-order valence-corrected chi connectivity index (χ0v) is 12.6. The zero-order valence-electron chi connectivity index (χ0n) is 11.9. The molecule has 0 atom stereocenters. The highest BCUT2D eigenvalue weighted by atomic mass is 35.5. The average molecular weight is 284 g/mol. The molecule has 1 rings (SSSR count). The summed E-state index contributed by atoms with van der Waals surface area (Å²) in [5.41, 5.74) is 2.10. The number of benzene rings is 1. The summed E-state index contributed by atoms with van der Waals surface area (Å²) >= 11 is 6.26. The quantitative estimate of drug-likeness (QED) is 0.736. The Morgan fingerprint density at radius 3 is 2.68 bits per heavy atom. The standard InChI is InChI=1S/C15H22ClNO2/c1-5-11(3)10-19-15-13(16)7-12(9-17-6-2)8-14(15)18-4/h7-8,17H,3,5-6,9-10H2,1-2,4H3. The fraction of sp³-hybridized carbons (Fsp3) is 0.467. The van der Waals surface area contributed by atoms with E-state index < -0.39 is 0 Å². The Kier molecular flexibility index (Phi) is 6.74. The number of hydrogen-bond acceptors (Lipinski definition) is 3. The molecule has 0 aliphatic heterocycles. The molecule has 0 bridgehead atoms. The molecule has 0 heterocycles. The number of methoxy groups -OCH3 is 1.